The summed E-state index contributed by atoms with van der Waals surface area (Å²) in [5, 5.41) is 3.36. The van der Waals surface area contributed by atoms with Crippen LogP contribution in [-0.2, 0) is 6.54 Å². The van der Waals surface area contributed by atoms with E-state index in [-0.39, 0.29) is 5.82 Å². The van der Waals surface area contributed by atoms with E-state index in [2.05, 4.69) is 19.2 Å². The highest BCUT2D eigenvalue weighted by Gasteiger charge is 2.45. The van der Waals surface area contributed by atoms with Gasteiger partial charge in [0, 0.05) is 18.2 Å². The molecule has 0 radical (unpaired) electrons. The van der Waals surface area contributed by atoms with Gasteiger partial charge in [-0.15, -0.1) is 0 Å². The van der Waals surface area contributed by atoms with Crippen molar-refractivity contribution in [3.63, 3.8) is 0 Å². The molecule has 2 nitrogen and oxygen atoms in total. The number of rotatable bonds is 4. The highest BCUT2D eigenvalue weighted by atomic mass is 19.1. The van der Waals surface area contributed by atoms with Gasteiger partial charge in [-0.05, 0) is 17.9 Å². The largest absolute Gasteiger partial charge is 0.494 e. The van der Waals surface area contributed by atoms with Crippen molar-refractivity contribution in [2.45, 2.75) is 32.9 Å². The zero-order valence-corrected chi connectivity index (χ0v) is 10.0. The Kier molecular flexibility index (Phi) is 2.89. The van der Waals surface area contributed by atoms with Crippen molar-refractivity contribution >= 4 is 0 Å². The molecule has 0 aliphatic heterocycles. The molecule has 1 fully saturated rings. The van der Waals surface area contributed by atoms with E-state index in [1.54, 1.807) is 12.1 Å². The third kappa shape index (κ3) is 2.19. The molecule has 1 aliphatic rings. The Bertz CT molecular complexity index is 390. The van der Waals surface area contributed by atoms with E-state index in [4.69, 9.17) is 4.74 Å². The molecular formula is C13H18FNO. The summed E-state index contributed by atoms with van der Waals surface area (Å²) in [4.78, 5) is 0. The minimum absolute atomic E-state index is 0.254. The van der Waals surface area contributed by atoms with Crippen LogP contribution in [0.3, 0.4) is 0 Å². The molecule has 1 aromatic carbocycles. The molecule has 0 aromatic heterocycles. The predicted molar refractivity (Wildman–Crippen MR) is 62.0 cm³/mol. The van der Waals surface area contributed by atoms with Crippen molar-refractivity contribution < 1.29 is 9.13 Å². The van der Waals surface area contributed by atoms with Crippen molar-refractivity contribution in [3.05, 3.63) is 29.6 Å². The second-order valence-corrected chi connectivity index (χ2v) is 5.06. The monoisotopic (exact) mass is 223 g/mol. The fourth-order valence-corrected chi connectivity index (χ4v) is 1.90. The third-order valence-electron chi connectivity index (χ3n) is 3.32. The summed E-state index contributed by atoms with van der Waals surface area (Å²) in [6.07, 6.45) is 1.17. The summed E-state index contributed by atoms with van der Waals surface area (Å²) >= 11 is 0. The minimum atomic E-state index is -0.254. The van der Waals surface area contributed by atoms with Gasteiger partial charge in [0.1, 0.15) is 0 Å². The van der Waals surface area contributed by atoms with Crippen LogP contribution >= 0.6 is 0 Å². The van der Waals surface area contributed by atoms with Gasteiger partial charge >= 0.3 is 0 Å². The smallest absolute Gasteiger partial charge is 0.169 e. The van der Waals surface area contributed by atoms with Gasteiger partial charge in [-0.3, -0.25) is 0 Å². The molecule has 0 spiro atoms. The molecule has 0 bridgehead atoms. The molecular weight excluding hydrogens is 205 g/mol. The maximum Gasteiger partial charge on any atom is 0.169 e. The van der Waals surface area contributed by atoms with Gasteiger partial charge in [0.25, 0.3) is 0 Å². The van der Waals surface area contributed by atoms with Crippen LogP contribution in [0.4, 0.5) is 4.39 Å². The molecule has 1 unspecified atom stereocenters. The highest BCUT2D eigenvalue weighted by Crippen LogP contribution is 2.44. The lowest BCUT2D eigenvalue weighted by Crippen LogP contribution is -2.20. The molecule has 1 aliphatic carbocycles. The molecule has 1 aromatic rings. The number of hydrogen-bond acceptors (Lipinski definition) is 2. The van der Waals surface area contributed by atoms with E-state index in [9.17, 15) is 4.39 Å². The van der Waals surface area contributed by atoms with Crippen molar-refractivity contribution in [1.29, 1.82) is 0 Å². The lowest BCUT2D eigenvalue weighted by Gasteiger charge is -2.09. The van der Waals surface area contributed by atoms with E-state index in [1.165, 1.54) is 13.5 Å². The average molecular weight is 223 g/mol. The summed E-state index contributed by atoms with van der Waals surface area (Å²) in [7, 11) is 1.49. The summed E-state index contributed by atoms with van der Waals surface area (Å²) in [6.45, 7) is 5.00. The Balaban J connectivity index is 1.99. The maximum atomic E-state index is 13.8. The third-order valence-corrected chi connectivity index (χ3v) is 3.32. The zero-order valence-electron chi connectivity index (χ0n) is 10.0. The number of ether oxygens (including phenoxy) is 1. The molecule has 0 saturated heterocycles. The molecule has 0 amide bonds. The topological polar surface area (TPSA) is 21.3 Å². The first-order valence-electron chi connectivity index (χ1n) is 5.59. The van der Waals surface area contributed by atoms with Gasteiger partial charge in [-0.25, -0.2) is 4.39 Å². The summed E-state index contributed by atoms with van der Waals surface area (Å²) in [6, 6.07) is 5.76. The average Bonchev–Trinajstić information content (AvgIpc) is 2.85. The summed E-state index contributed by atoms with van der Waals surface area (Å²) < 4.78 is 18.7. The number of hydrogen-bond donors (Lipinski definition) is 1. The van der Waals surface area contributed by atoms with E-state index in [1.807, 2.05) is 6.07 Å². The van der Waals surface area contributed by atoms with Gasteiger partial charge in [0.2, 0.25) is 0 Å². The summed E-state index contributed by atoms with van der Waals surface area (Å²) in [5.41, 5.74) is 1.04. The van der Waals surface area contributed by atoms with Gasteiger partial charge in [-0.2, -0.15) is 0 Å². The minimum Gasteiger partial charge on any atom is -0.494 e. The van der Waals surface area contributed by atoms with Crippen LogP contribution in [0, 0.1) is 11.2 Å². The second-order valence-electron chi connectivity index (χ2n) is 5.06. The lowest BCUT2D eigenvalue weighted by molar-refractivity contribution is 0.383. The predicted octanol–water partition coefficient (Wildman–Crippen LogP) is 2.72. The Hall–Kier alpha value is -1.09. The van der Waals surface area contributed by atoms with Crippen molar-refractivity contribution in [1.82, 2.24) is 5.32 Å². The second kappa shape index (κ2) is 4.06. The first-order valence-corrected chi connectivity index (χ1v) is 5.59. The molecule has 16 heavy (non-hydrogen) atoms. The number of methoxy groups -OCH3 is 1. The number of halogens is 1. The Morgan fingerprint density at radius 2 is 2.19 bits per heavy atom. The SMILES string of the molecule is COc1cccc(CNC2CC2(C)C)c1F. The summed E-state index contributed by atoms with van der Waals surface area (Å²) in [5.74, 6) is 0.0605. The highest BCUT2D eigenvalue weighted by molar-refractivity contribution is 5.31. The van der Waals surface area contributed by atoms with Crippen LogP contribution in [-0.4, -0.2) is 13.2 Å². The van der Waals surface area contributed by atoms with Crippen LogP contribution < -0.4 is 10.1 Å². The van der Waals surface area contributed by atoms with Crippen LogP contribution in [0.2, 0.25) is 0 Å². The Morgan fingerprint density at radius 3 is 2.75 bits per heavy atom. The van der Waals surface area contributed by atoms with E-state index < -0.39 is 0 Å². The molecule has 0 heterocycles. The fraction of sp³-hybridized carbons (Fsp3) is 0.538. The van der Waals surface area contributed by atoms with Crippen LogP contribution in [0.5, 0.6) is 5.75 Å². The van der Waals surface area contributed by atoms with Crippen LogP contribution in [0.1, 0.15) is 25.8 Å². The number of nitrogens with one attached hydrogen (secondary N) is 1. The fourth-order valence-electron chi connectivity index (χ4n) is 1.90. The normalized spacial score (nSPS) is 21.9. The van der Waals surface area contributed by atoms with Crippen molar-refractivity contribution in [2.75, 3.05) is 7.11 Å². The Morgan fingerprint density at radius 1 is 1.50 bits per heavy atom. The molecule has 88 valence electrons. The van der Waals surface area contributed by atoms with E-state index in [0.717, 1.165) is 0 Å². The van der Waals surface area contributed by atoms with Crippen LogP contribution in [0.15, 0.2) is 18.2 Å². The first kappa shape index (κ1) is 11.4. The van der Waals surface area contributed by atoms with Gasteiger partial charge in [0.15, 0.2) is 11.6 Å². The first-order chi connectivity index (χ1) is 7.54. The van der Waals surface area contributed by atoms with Gasteiger partial charge < -0.3 is 10.1 Å². The molecule has 1 N–H and O–H groups in total. The number of benzene rings is 1. The Labute approximate surface area is 95.8 Å². The lowest BCUT2D eigenvalue weighted by atomic mass is 10.1. The van der Waals surface area contributed by atoms with Crippen molar-refractivity contribution in [3.8, 4) is 5.75 Å². The van der Waals surface area contributed by atoms with E-state index in [0.29, 0.717) is 29.3 Å². The molecule has 3 heteroatoms. The van der Waals surface area contributed by atoms with E-state index >= 15 is 0 Å². The standard InChI is InChI=1S/C13H18FNO/c1-13(2)7-11(13)15-8-9-5-4-6-10(16-3)12(9)14/h4-6,11,15H,7-8H2,1-3H3. The van der Waals surface area contributed by atoms with Gasteiger partial charge in [0.05, 0.1) is 7.11 Å². The molecule has 1 atom stereocenters. The quantitative estimate of drug-likeness (QED) is 0.847. The van der Waals surface area contributed by atoms with Gasteiger partial charge in [-0.1, -0.05) is 26.0 Å². The van der Waals surface area contributed by atoms with Crippen LogP contribution in [0.25, 0.3) is 0 Å². The van der Waals surface area contributed by atoms with Crippen molar-refractivity contribution in [2.24, 2.45) is 5.41 Å². The maximum absolute atomic E-state index is 13.8. The molecule has 1 saturated carbocycles. The zero-order chi connectivity index (χ0) is 11.8. The molecule has 2 rings (SSSR count).